The number of anilines is 1. The van der Waals surface area contributed by atoms with Gasteiger partial charge >= 0.3 is 0 Å². The van der Waals surface area contributed by atoms with Gasteiger partial charge in [0.2, 0.25) is 5.95 Å². The highest BCUT2D eigenvalue weighted by Crippen LogP contribution is 2.22. The quantitative estimate of drug-likeness (QED) is 0.494. The maximum Gasteiger partial charge on any atom is 0.284 e. The Morgan fingerprint density at radius 2 is 1.81 bits per heavy atom. The minimum Gasteiger partial charge on any atom is -0.365 e. The molecule has 0 atom stereocenters. The van der Waals surface area contributed by atoms with Gasteiger partial charge in [0.15, 0.2) is 5.82 Å². The molecule has 0 saturated carbocycles. The summed E-state index contributed by atoms with van der Waals surface area (Å²) >= 11 is 0. The van der Waals surface area contributed by atoms with E-state index in [1.165, 1.54) is 12.3 Å². The first-order valence-corrected chi connectivity index (χ1v) is 12.2. The number of aromatic nitrogens is 4. The zero-order chi connectivity index (χ0) is 25.2. The van der Waals surface area contributed by atoms with Gasteiger partial charge < -0.3 is 9.88 Å². The third kappa shape index (κ3) is 4.91. The minimum absolute atomic E-state index is 0.0400. The number of fused-ring (bicyclic) bond motifs is 1. The molecule has 2 N–H and O–H groups in total. The Morgan fingerprint density at radius 1 is 1.06 bits per heavy atom. The third-order valence-corrected chi connectivity index (χ3v) is 6.68. The second-order valence-electron chi connectivity index (χ2n) is 9.05. The van der Waals surface area contributed by atoms with Gasteiger partial charge in [0, 0.05) is 45.8 Å². The molecule has 0 aliphatic carbocycles. The van der Waals surface area contributed by atoms with Gasteiger partial charge in [-0.05, 0) is 31.4 Å². The van der Waals surface area contributed by atoms with Crippen LogP contribution in [0.4, 0.5) is 14.5 Å². The van der Waals surface area contributed by atoms with Crippen molar-refractivity contribution in [1.82, 2.24) is 35.3 Å². The fourth-order valence-corrected chi connectivity index (χ4v) is 4.63. The molecule has 2 fully saturated rings. The van der Waals surface area contributed by atoms with Crippen molar-refractivity contribution in [3.63, 3.8) is 0 Å². The maximum absolute atomic E-state index is 15.1. The van der Waals surface area contributed by atoms with Crippen LogP contribution in [0.2, 0.25) is 0 Å². The van der Waals surface area contributed by atoms with E-state index in [0.29, 0.717) is 49.5 Å². The summed E-state index contributed by atoms with van der Waals surface area (Å²) in [4.78, 5) is 43.2. The molecular weight excluding hydrogens is 470 g/mol. The van der Waals surface area contributed by atoms with E-state index < -0.39 is 23.2 Å². The number of pyridine rings is 2. The van der Waals surface area contributed by atoms with Crippen LogP contribution in [0.25, 0.3) is 11.0 Å². The lowest BCUT2D eigenvalue weighted by Gasteiger charge is -2.35. The van der Waals surface area contributed by atoms with Gasteiger partial charge in [-0.15, -0.1) is 0 Å². The Balaban J connectivity index is 1.22. The number of H-pyrrole nitrogens is 1. The number of rotatable bonds is 6. The second kappa shape index (κ2) is 10.2. The van der Waals surface area contributed by atoms with Crippen molar-refractivity contribution >= 4 is 22.6 Å². The molecule has 2 aliphatic rings. The van der Waals surface area contributed by atoms with E-state index >= 15 is 4.39 Å². The summed E-state index contributed by atoms with van der Waals surface area (Å²) in [6.07, 6.45) is 3.96. The van der Waals surface area contributed by atoms with Gasteiger partial charge in [0.25, 0.3) is 11.5 Å². The number of hydrogen-bond donors (Lipinski definition) is 2. The smallest absolute Gasteiger partial charge is 0.284 e. The van der Waals surface area contributed by atoms with Crippen LogP contribution >= 0.6 is 0 Å². The van der Waals surface area contributed by atoms with Crippen molar-refractivity contribution in [3.8, 4) is 0 Å². The van der Waals surface area contributed by atoms with E-state index in [-0.39, 0.29) is 23.4 Å². The zero-order valence-electron chi connectivity index (χ0n) is 20.1. The number of aromatic amines is 1. The number of hydrogen-bond acceptors (Lipinski definition) is 8. The van der Waals surface area contributed by atoms with E-state index in [1.807, 2.05) is 21.7 Å². The normalized spacial score (nSPS) is 17.1. The fraction of sp³-hybridized carbons (Fsp3) is 0.458. The van der Waals surface area contributed by atoms with Crippen LogP contribution in [-0.4, -0.2) is 75.0 Å². The van der Waals surface area contributed by atoms with Crippen molar-refractivity contribution in [3.05, 3.63) is 57.5 Å². The highest BCUT2D eigenvalue weighted by Gasteiger charge is 2.24. The predicted octanol–water partition coefficient (Wildman–Crippen LogP) is 1.62. The molecule has 3 aromatic rings. The largest absolute Gasteiger partial charge is 0.365 e. The Bertz CT molecular complexity index is 1330. The van der Waals surface area contributed by atoms with Gasteiger partial charge in [0.1, 0.15) is 22.4 Å². The molecule has 10 nitrogen and oxygen atoms in total. The molecule has 0 spiro atoms. The lowest BCUT2D eigenvalue weighted by molar-refractivity contribution is 0.0819. The number of hydrazine groups is 1. The monoisotopic (exact) mass is 498 g/mol. The van der Waals surface area contributed by atoms with Gasteiger partial charge in [-0.3, -0.25) is 24.9 Å². The highest BCUT2D eigenvalue weighted by molar-refractivity contribution is 5.92. The van der Waals surface area contributed by atoms with Gasteiger partial charge in [-0.2, -0.15) is 4.39 Å². The van der Waals surface area contributed by atoms with Gasteiger partial charge in [0.05, 0.1) is 17.6 Å². The molecule has 190 valence electrons. The number of amides is 1. The lowest BCUT2D eigenvalue weighted by Crippen LogP contribution is -2.46. The molecule has 0 aromatic carbocycles. The van der Waals surface area contributed by atoms with Crippen LogP contribution < -0.4 is 15.9 Å². The number of nitrogens with one attached hydrogen (secondary N) is 2. The van der Waals surface area contributed by atoms with E-state index in [9.17, 15) is 14.0 Å². The summed E-state index contributed by atoms with van der Waals surface area (Å²) in [5, 5.41) is 1.82. The first kappa shape index (κ1) is 24.2. The molecule has 2 aliphatic heterocycles. The zero-order valence-corrected chi connectivity index (χ0v) is 20.1. The van der Waals surface area contributed by atoms with Crippen molar-refractivity contribution in [2.24, 2.45) is 0 Å². The summed E-state index contributed by atoms with van der Waals surface area (Å²) in [5.41, 5.74) is 3.67. The molecule has 12 heteroatoms. The van der Waals surface area contributed by atoms with E-state index in [2.05, 4.69) is 25.4 Å². The molecule has 1 amide bonds. The summed E-state index contributed by atoms with van der Waals surface area (Å²) in [6.45, 7) is 5.75. The number of aryl methyl sites for hydroxylation is 1. The number of piperazine rings is 1. The lowest BCUT2D eigenvalue weighted by atomic mass is 10.2. The summed E-state index contributed by atoms with van der Waals surface area (Å²) in [6, 6.07) is 3.11. The van der Waals surface area contributed by atoms with Crippen molar-refractivity contribution in [2.75, 3.05) is 44.2 Å². The average Bonchev–Trinajstić information content (AvgIpc) is 3.39. The summed E-state index contributed by atoms with van der Waals surface area (Å²) in [7, 11) is 0. The van der Waals surface area contributed by atoms with E-state index in [1.54, 1.807) is 6.07 Å². The van der Waals surface area contributed by atoms with Crippen molar-refractivity contribution in [2.45, 2.75) is 32.7 Å². The molecule has 3 aromatic heterocycles. The van der Waals surface area contributed by atoms with Crippen LogP contribution in [0.15, 0.2) is 23.1 Å². The first-order valence-electron chi connectivity index (χ1n) is 12.2. The third-order valence-electron chi connectivity index (χ3n) is 6.68. The first-order chi connectivity index (χ1) is 17.4. The van der Waals surface area contributed by atoms with Crippen LogP contribution in [0, 0.1) is 11.8 Å². The fourth-order valence-electron chi connectivity index (χ4n) is 4.63. The Morgan fingerprint density at radius 3 is 2.50 bits per heavy atom. The minimum atomic E-state index is -0.692. The molecule has 0 unspecified atom stereocenters. The van der Waals surface area contributed by atoms with Gasteiger partial charge in [-0.1, -0.05) is 6.92 Å². The van der Waals surface area contributed by atoms with Crippen LogP contribution in [0.1, 0.15) is 41.6 Å². The number of carbonyl (C=O) groups is 1. The SMILES string of the molecule is CCc1nc2cnc(CN3CCN(c4ccc(C(=O)NN5CCCC5)nc4F)CC3)c(F)c2[nH]c1=O. The molecular formula is C24H28F2N8O2. The van der Waals surface area contributed by atoms with Crippen LogP contribution in [-0.2, 0) is 13.0 Å². The van der Waals surface area contributed by atoms with Gasteiger partial charge in [-0.25, -0.2) is 19.4 Å². The Labute approximate surface area is 206 Å². The van der Waals surface area contributed by atoms with E-state index in [4.69, 9.17) is 0 Å². The number of nitrogens with zero attached hydrogens (tertiary/aromatic N) is 6. The standard InChI is InChI=1S/C24H28F2N8O2/c1-2-15-23(35)30-21-17(28-15)13-27-18(20(21)25)14-32-9-11-33(12-10-32)19-6-5-16(29-22(19)26)24(36)31-34-7-3-4-8-34/h5-6,13H,2-4,7-12,14H2,1H3,(H,30,35)(H,31,36). The molecule has 36 heavy (non-hydrogen) atoms. The predicted molar refractivity (Wildman–Crippen MR) is 129 cm³/mol. The highest BCUT2D eigenvalue weighted by atomic mass is 19.1. The summed E-state index contributed by atoms with van der Waals surface area (Å²) in [5.74, 6) is -1.69. The molecule has 0 bridgehead atoms. The van der Waals surface area contributed by atoms with Crippen LogP contribution in [0.3, 0.4) is 0 Å². The molecule has 2 saturated heterocycles. The second-order valence-corrected chi connectivity index (χ2v) is 9.05. The van der Waals surface area contributed by atoms with Crippen molar-refractivity contribution < 1.29 is 13.6 Å². The molecule has 5 heterocycles. The molecule has 5 rings (SSSR count). The van der Waals surface area contributed by atoms with E-state index in [0.717, 1.165) is 25.9 Å². The Hall–Kier alpha value is -3.51. The van der Waals surface area contributed by atoms with Crippen LogP contribution in [0.5, 0.6) is 0 Å². The summed E-state index contributed by atoms with van der Waals surface area (Å²) < 4.78 is 29.8. The number of halogens is 2. The Kier molecular flexibility index (Phi) is 6.88. The van der Waals surface area contributed by atoms with Crippen molar-refractivity contribution in [1.29, 1.82) is 0 Å². The topological polar surface area (TPSA) is 110 Å². The maximum atomic E-state index is 15.1. The average molecular weight is 499 g/mol. The molecule has 0 radical (unpaired) electrons. The number of carbonyl (C=O) groups excluding carboxylic acids is 1.